The minimum atomic E-state index is -1.21. The summed E-state index contributed by atoms with van der Waals surface area (Å²) < 4.78 is 0. The molecule has 1 amide bonds. The molecule has 3 aliphatic rings. The van der Waals surface area contributed by atoms with Gasteiger partial charge in [0.2, 0.25) is 5.91 Å². The average molecular weight is 443 g/mol. The number of hydrogen-bond acceptors (Lipinski definition) is 5. The van der Waals surface area contributed by atoms with Gasteiger partial charge in [0.1, 0.15) is 5.75 Å². The molecule has 2 fully saturated rings. The van der Waals surface area contributed by atoms with Crippen LogP contribution in [0.4, 0.5) is 0 Å². The van der Waals surface area contributed by atoms with Gasteiger partial charge < -0.3 is 15.5 Å². The van der Waals surface area contributed by atoms with Gasteiger partial charge in [-0.15, -0.1) is 0 Å². The van der Waals surface area contributed by atoms with E-state index in [-0.39, 0.29) is 48.2 Å². The summed E-state index contributed by atoms with van der Waals surface area (Å²) in [6.07, 6.45) is 3.44. The molecule has 176 valence electrons. The highest BCUT2D eigenvalue weighted by Crippen LogP contribution is 2.57. The molecule has 1 aromatic rings. The number of carbonyl (C=O) groups is 2. The van der Waals surface area contributed by atoms with Crippen molar-refractivity contribution in [1.29, 1.82) is 0 Å². The van der Waals surface area contributed by atoms with Crippen LogP contribution in [0.3, 0.4) is 0 Å². The van der Waals surface area contributed by atoms with Gasteiger partial charge >= 0.3 is 0 Å². The summed E-state index contributed by atoms with van der Waals surface area (Å²) in [5.41, 5.74) is -0.0637. The van der Waals surface area contributed by atoms with Crippen molar-refractivity contribution in [3.63, 3.8) is 0 Å². The number of nitrogens with zero attached hydrogens (tertiary/aromatic N) is 1. The second kappa shape index (κ2) is 8.14. The van der Waals surface area contributed by atoms with Gasteiger partial charge in [-0.3, -0.25) is 14.5 Å². The molecule has 0 aromatic heterocycles. The van der Waals surface area contributed by atoms with Crippen LogP contribution in [0, 0.1) is 17.8 Å². The van der Waals surface area contributed by atoms with Gasteiger partial charge in [-0.05, 0) is 61.4 Å². The molecule has 0 heterocycles. The minimum Gasteiger partial charge on any atom is -0.508 e. The maximum Gasteiger partial charge on any atom is 0.223 e. The Morgan fingerprint density at radius 1 is 1.25 bits per heavy atom. The minimum absolute atomic E-state index is 0.0316. The number of likely N-dealkylation sites (N-methyl/N-ethyl adjacent to an activating group) is 1. The van der Waals surface area contributed by atoms with Crippen LogP contribution in [-0.4, -0.2) is 58.1 Å². The third-order valence-corrected chi connectivity index (χ3v) is 8.27. The Morgan fingerprint density at radius 3 is 2.53 bits per heavy atom. The van der Waals surface area contributed by atoms with Crippen molar-refractivity contribution in [2.24, 2.45) is 17.8 Å². The maximum absolute atomic E-state index is 13.4. The molecule has 2 saturated carbocycles. The number of hydrogen-bond donors (Lipinski definition) is 3. The molecule has 6 heteroatoms. The fourth-order valence-electron chi connectivity index (χ4n) is 6.30. The van der Waals surface area contributed by atoms with E-state index in [2.05, 4.69) is 31.1 Å². The molecule has 3 N–H and O–H groups in total. The lowest BCUT2D eigenvalue weighted by Crippen LogP contribution is -2.73. The van der Waals surface area contributed by atoms with Crippen LogP contribution in [0.5, 0.6) is 5.75 Å². The topological polar surface area (TPSA) is 89.9 Å². The zero-order valence-electron chi connectivity index (χ0n) is 20.0. The monoisotopic (exact) mass is 442 g/mol. The number of aromatic hydroxyl groups is 1. The van der Waals surface area contributed by atoms with Crippen molar-refractivity contribution >= 4 is 11.7 Å². The van der Waals surface area contributed by atoms with E-state index in [1.807, 2.05) is 19.9 Å². The Morgan fingerprint density at radius 2 is 1.94 bits per heavy atom. The lowest BCUT2D eigenvalue weighted by molar-refractivity contribution is -0.167. The van der Waals surface area contributed by atoms with Crippen molar-refractivity contribution in [2.45, 2.75) is 82.9 Å². The molecule has 32 heavy (non-hydrogen) atoms. The van der Waals surface area contributed by atoms with E-state index in [9.17, 15) is 19.8 Å². The van der Waals surface area contributed by atoms with E-state index in [0.29, 0.717) is 12.3 Å². The lowest BCUT2D eigenvalue weighted by Gasteiger charge is -2.62. The summed E-state index contributed by atoms with van der Waals surface area (Å²) in [5.74, 6) is 0.346. The molecule has 6 nitrogen and oxygen atoms in total. The molecular formula is C26H38N2O4. The first-order valence-corrected chi connectivity index (χ1v) is 12.1. The van der Waals surface area contributed by atoms with Crippen LogP contribution in [0.25, 0.3) is 0 Å². The number of phenolic OH excluding ortho intramolecular Hbond substituents is 1. The van der Waals surface area contributed by atoms with Crippen LogP contribution < -0.4 is 5.32 Å². The second-order valence-corrected chi connectivity index (χ2v) is 11.1. The van der Waals surface area contributed by atoms with Crippen molar-refractivity contribution < 1.29 is 19.8 Å². The molecule has 4 rings (SSSR count). The molecule has 1 aromatic carbocycles. The number of fused-ring (bicyclic) bond motifs is 3. The number of amides is 1. The van der Waals surface area contributed by atoms with Gasteiger partial charge in [-0.1, -0.05) is 33.8 Å². The highest BCUT2D eigenvalue weighted by molar-refractivity contribution is 5.92. The molecule has 0 aliphatic heterocycles. The molecule has 3 aliphatic carbocycles. The van der Waals surface area contributed by atoms with Gasteiger partial charge in [0.15, 0.2) is 5.78 Å². The quantitative estimate of drug-likeness (QED) is 0.630. The molecule has 0 saturated heterocycles. The van der Waals surface area contributed by atoms with Gasteiger partial charge in [-0.25, -0.2) is 0 Å². The van der Waals surface area contributed by atoms with Crippen LogP contribution in [0.1, 0.15) is 64.5 Å². The molecule has 0 spiro atoms. The Hall–Kier alpha value is -1.92. The summed E-state index contributed by atoms with van der Waals surface area (Å²) >= 11 is 0. The smallest absolute Gasteiger partial charge is 0.223 e. The number of Topliss-reactive ketones (excluding diaryl/α,β-unsaturated/α-hetero) is 1. The number of phenols is 1. The number of rotatable bonds is 6. The lowest BCUT2D eigenvalue weighted by atomic mass is 9.47. The maximum atomic E-state index is 13.4. The number of benzene rings is 1. The number of ketones is 1. The first-order chi connectivity index (χ1) is 15.0. The highest BCUT2D eigenvalue weighted by atomic mass is 16.3. The van der Waals surface area contributed by atoms with Gasteiger partial charge in [0.25, 0.3) is 0 Å². The van der Waals surface area contributed by atoms with Crippen LogP contribution in [-0.2, 0) is 21.4 Å². The van der Waals surface area contributed by atoms with Crippen molar-refractivity contribution in [3.05, 3.63) is 29.3 Å². The summed E-state index contributed by atoms with van der Waals surface area (Å²) in [6.45, 7) is 8.65. The second-order valence-electron chi connectivity index (χ2n) is 11.1. The largest absolute Gasteiger partial charge is 0.508 e. The highest BCUT2D eigenvalue weighted by Gasteiger charge is 2.65. The van der Waals surface area contributed by atoms with Gasteiger partial charge in [-0.2, -0.15) is 0 Å². The zero-order chi connectivity index (χ0) is 23.4. The van der Waals surface area contributed by atoms with Crippen LogP contribution in [0.2, 0.25) is 0 Å². The first-order valence-electron chi connectivity index (χ1n) is 12.1. The van der Waals surface area contributed by atoms with Crippen molar-refractivity contribution in [3.8, 4) is 5.75 Å². The number of carbonyl (C=O) groups excluding carboxylic acids is 2. The van der Waals surface area contributed by atoms with Crippen LogP contribution in [0.15, 0.2) is 18.2 Å². The molecule has 0 bridgehead atoms. The first kappa shape index (κ1) is 23.2. The standard InChI is InChI=1S/C26H38N2O4/c1-15(2)24(31)27-21-12-26(32)23(28(5)14-17-6-7-17)10-18-8-9-19(29)11-20(18)25(26,16(3)4)13-22(21)30/h8-9,11,15-17,21,23,29,32H,6-7,10,12-14H2,1-5H3,(H,27,31). The fraction of sp³-hybridized carbons (Fsp3) is 0.692. The van der Waals surface area contributed by atoms with E-state index < -0.39 is 17.1 Å². The molecule has 0 radical (unpaired) electrons. The Kier molecular flexibility index (Phi) is 5.91. The van der Waals surface area contributed by atoms with E-state index in [4.69, 9.17) is 0 Å². The molecular weight excluding hydrogens is 404 g/mol. The Bertz CT molecular complexity index is 909. The van der Waals surface area contributed by atoms with Gasteiger partial charge in [0.05, 0.1) is 11.6 Å². The van der Waals surface area contributed by atoms with E-state index in [1.54, 1.807) is 12.1 Å². The van der Waals surface area contributed by atoms with Gasteiger partial charge in [0, 0.05) is 36.8 Å². The van der Waals surface area contributed by atoms with Crippen LogP contribution >= 0.6 is 0 Å². The molecule has 4 unspecified atom stereocenters. The fourth-order valence-corrected chi connectivity index (χ4v) is 6.30. The third kappa shape index (κ3) is 3.65. The average Bonchev–Trinajstić information content (AvgIpc) is 3.52. The van der Waals surface area contributed by atoms with E-state index >= 15 is 0 Å². The predicted molar refractivity (Wildman–Crippen MR) is 123 cm³/mol. The number of aliphatic hydroxyl groups is 1. The zero-order valence-corrected chi connectivity index (χ0v) is 20.0. The van der Waals surface area contributed by atoms with Crippen molar-refractivity contribution in [1.82, 2.24) is 10.2 Å². The number of nitrogens with one attached hydrogen (secondary N) is 1. The summed E-state index contributed by atoms with van der Waals surface area (Å²) in [6, 6.07) is 4.53. The van der Waals surface area contributed by atoms with E-state index in [1.165, 1.54) is 12.8 Å². The normalized spacial score (nSPS) is 32.2. The third-order valence-electron chi connectivity index (χ3n) is 8.27. The SMILES string of the molecule is CC(C)C(=O)NC1CC2(O)C(N(C)CC3CC3)Cc3ccc(O)cc3C2(C(C)C)CC1=O. The van der Waals surface area contributed by atoms with E-state index in [0.717, 1.165) is 17.7 Å². The Labute approximate surface area is 191 Å². The summed E-state index contributed by atoms with van der Waals surface area (Å²) in [4.78, 5) is 28.2. The summed E-state index contributed by atoms with van der Waals surface area (Å²) in [5, 5.41) is 25.9. The summed E-state index contributed by atoms with van der Waals surface area (Å²) in [7, 11) is 2.08. The predicted octanol–water partition coefficient (Wildman–Crippen LogP) is 2.79. The molecule has 4 atom stereocenters. The van der Waals surface area contributed by atoms with Crippen molar-refractivity contribution in [2.75, 3.05) is 13.6 Å². The Balaban J connectivity index is 1.83.